The number of rotatable bonds is 2. The van der Waals surface area contributed by atoms with Crippen molar-refractivity contribution in [3.8, 4) is 0 Å². The molecule has 0 spiro atoms. The molecule has 0 saturated carbocycles. The van der Waals surface area contributed by atoms with E-state index in [1.165, 1.54) is 45.4 Å². The number of hydrogen-bond acceptors (Lipinski definition) is 2. The van der Waals surface area contributed by atoms with Crippen LogP contribution in [0.3, 0.4) is 0 Å². The summed E-state index contributed by atoms with van der Waals surface area (Å²) in [5, 5.41) is 3.56. The molecular weight excluding hydrogens is 148 g/mol. The van der Waals surface area contributed by atoms with E-state index >= 15 is 0 Å². The van der Waals surface area contributed by atoms with Crippen LogP contribution >= 0.6 is 0 Å². The molecule has 2 atom stereocenters. The Bertz CT molecular complexity index is 135. The van der Waals surface area contributed by atoms with Crippen LogP contribution in [0.1, 0.15) is 26.2 Å². The Hall–Kier alpha value is -0.0800. The Morgan fingerprint density at radius 1 is 1.33 bits per heavy atom. The zero-order valence-electron chi connectivity index (χ0n) is 8.05. The van der Waals surface area contributed by atoms with E-state index in [9.17, 15) is 0 Å². The smallest absolute Gasteiger partial charge is 0.00389 e. The molecule has 2 aliphatic heterocycles. The standard InChI is InChI=1S/C10H20N2/c1-9-3-4-10(7-11-9)8-12-5-2-6-12/h9-11H,2-8H2,1H3. The minimum Gasteiger partial charge on any atom is -0.314 e. The predicted molar refractivity (Wildman–Crippen MR) is 51.2 cm³/mol. The molecule has 2 nitrogen and oxygen atoms in total. The van der Waals surface area contributed by atoms with Crippen LogP contribution in [-0.4, -0.2) is 37.1 Å². The highest BCUT2D eigenvalue weighted by molar-refractivity contribution is 4.79. The van der Waals surface area contributed by atoms with Gasteiger partial charge in [0.1, 0.15) is 0 Å². The van der Waals surface area contributed by atoms with Gasteiger partial charge in [0, 0.05) is 12.6 Å². The minimum atomic E-state index is 0.762. The van der Waals surface area contributed by atoms with Crippen molar-refractivity contribution >= 4 is 0 Å². The van der Waals surface area contributed by atoms with E-state index in [0.717, 1.165) is 12.0 Å². The molecule has 70 valence electrons. The Labute approximate surface area is 75.3 Å². The van der Waals surface area contributed by atoms with Crippen LogP contribution in [0.2, 0.25) is 0 Å². The van der Waals surface area contributed by atoms with Crippen LogP contribution < -0.4 is 5.32 Å². The molecule has 0 bridgehead atoms. The molecule has 2 saturated heterocycles. The molecule has 12 heavy (non-hydrogen) atoms. The molecular formula is C10H20N2. The van der Waals surface area contributed by atoms with Gasteiger partial charge < -0.3 is 10.2 Å². The minimum absolute atomic E-state index is 0.762. The first-order valence-electron chi connectivity index (χ1n) is 5.30. The first kappa shape index (κ1) is 8.52. The summed E-state index contributed by atoms with van der Waals surface area (Å²) in [4.78, 5) is 2.59. The van der Waals surface area contributed by atoms with E-state index in [1.807, 2.05) is 0 Å². The number of nitrogens with one attached hydrogen (secondary N) is 1. The van der Waals surface area contributed by atoms with Gasteiger partial charge >= 0.3 is 0 Å². The Morgan fingerprint density at radius 3 is 2.67 bits per heavy atom. The third-order valence-electron chi connectivity index (χ3n) is 3.23. The van der Waals surface area contributed by atoms with Gasteiger partial charge in [0.2, 0.25) is 0 Å². The molecule has 2 aliphatic rings. The quantitative estimate of drug-likeness (QED) is 0.664. The van der Waals surface area contributed by atoms with Crippen LogP contribution in [-0.2, 0) is 0 Å². The van der Waals surface area contributed by atoms with E-state index in [0.29, 0.717) is 0 Å². The zero-order valence-corrected chi connectivity index (χ0v) is 8.05. The monoisotopic (exact) mass is 168 g/mol. The van der Waals surface area contributed by atoms with E-state index < -0.39 is 0 Å². The molecule has 2 rings (SSSR count). The topological polar surface area (TPSA) is 15.3 Å². The van der Waals surface area contributed by atoms with Gasteiger partial charge in [-0.15, -0.1) is 0 Å². The Balaban J connectivity index is 1.67. The van der Waals surface area contributed by atoms with Crippen molar-refractivity contribution in [2.75, 3.05) is 26.2 Å². The summed E-state index contributed by atoms with van der Waals surface area (Å²) in [6, 6.07) is 0.762. The average molecular weight is 168 g/mol. The Morgan fingerprint density at radius 2 is 2.17 bits per heavy atom. The van der Waals surface area contributed by atoms with Crippen molar-refractivity contribution in [1.82, 2.24) is 10.2 Å². The molecule has 0 aromatic carbocycles. The second kappa shape index (κ2) is 3.75. The summed E-state index contributed by atoms with van der Waals surface area (Å²) < 4.78 is 0. The lowest BCUT2D eigenvalue weighted by Crippen LogP contribution is -2.46. The largest absolute Gasteiger partial charge is 0.314 e. The molecule has 2 heterocycles. The normalized spacial score (nSPS) is 37.8. The molecule has 2 heteroatoms. The fourth-order valence-corrected chi connectivity index (χ4v) is 2.14. The number of hydrogen-bond donors (Lipinski definition) is 1. The van der Waals surface area contributed by atoms with E-state index in [4.69, 9.17) is 0 Å². The van der Waals surface area contributed by atoms with Crippen LogP contribution in [0.5, 0.6) is 0 Å². The van der Waals surface area contributed by atoms with Crippen LogP contribution in [0, 0.1) is 5.92 Å². The maximum atomic E-state index is 3.56. The van der Waals surface area contributed by atoms with Crippen molar-refractivity contribution in [2.24, 2.45) is 5.92 Å². The third-order valence-corrected chi connectivity index (χ3v) is 3.23. The molecule has 0 aliphatic carbocycles. The highest BCUT2D eigenvalue weighted by atomic mass is 15.2. The van der Waals surface area contributed by atoms with Gasteiger partial charge in [-0.1, -0.05) is 0 Å². The van der Waals surface area contributed by atoms with Crippen molar-refractivity contribution < 1.29 is 0 Å². The summed E-state index contributed by atoms with van der Waals surface area (Å²) in [5.41, 5.74) is 0. The van der Waals surface area contributed by atoms with Gasteiger partial charge in [-0.3, -0.25) is 0 Å². The first-order valence-corrected chi connectivity index (χ1v) is 5.30. The lowest BCUT2D eigenvalue weighted by molar-refractivity contribution is 0.135. The maximum Gasteiger partial charge on any atom is 0.00389 e. The van der Waals surface area contributed by atoms with Crippen molar-refractivity contribution in [2.45, 2.75) is 32.2 Å². The van der Waals surface area contributed by atoms with Crippen molar-refractivity contribution in [3.05, 3.63) is 0 Å². The van der Waals surface area contributed by atoms with Crippen molar-refractivity contribution in [1.29, 1.82) is 0 Å². The molecule has 0 radical (unpaired) electrons. The average Bonchev–Trinajstić information content (AvgIpc) is 2.00. The summed E-state index contributed by atoms with van der Waals surface area (Å²) in [7, 11) is 0. The maximum absolute atomic E-state index is 3.56. The fourth-order valence-electron chi connectivity index (χ4n) is 2.14. The second-order valence-electron chi connectivity index (χ2n) is 4.41. The molecule has 1 N–H and O–H groups in total. The number of piperidine rings is 1. The van der Waals surface area contributed by atoms with Crippen LogP contribution in [0.15, 0.2) is 0 Å². The summed E-state index contributed by atoms with van der Waals surface area (Å²) >= 11 is 0. The van der Waals surface area contributed by atoms with E-state index in [-0.39, 0.29) is 0 Å². The molecule has 0 aromatic rings. The van der Waals surface area contributed by atoms with E-state index in [1.54, 1.807) is 0 Å². The molecule has 0 aromatic heterocycles. The summed E-state index contributed by atoms with van der Waals surface area (Å²) in [5.74, 6) is 0.932. The number of likely N-dealkylation sites (tertiary alicyclic amines) is 1. The van der Waals surface area contributed by atoms with Gasteiger partial charge in [-0.2, -0.15) is 0 Å². The fraction of sp³-hybridized carbons (Fsp3) is 1.00. The van der Waals surface area contributed by atoms with Gasteiger partial charge in [0.05, 0.1) is 0 Å². The predicted octanol–water partition coefficient (Wildman–Crippen LogP) is 1.08. The lowest BCUT2D eigenvalue weighted by atomic mass is 9.94. The third kappa shape index (κ3) is 1.99. The van der Waals surface area contributed by atoms with Crippen LogP contribution in [0.25, 0.3) is 0 Å². The van der Waals surface area contributed by atoms with E-state index in [2.05, 4.69) is 17.1 Å². The summed E-state index contributed by atoms with van der Waals surface area (Å²) in [6.07, 6.45) is 4.24. The highest BCUT2D eigenvalue weighted by Crippen LogP contribution is 2.17. The van der Waals surface area contributed by atoms with Crippen molar-refractivity contribution in [3.63, 3.8) is 0 Å². The lowest BCUT2D eigenvalue weighted by Gasteiger charge is -2.36. The van der Waals surface area contributed by atoms with Gasteiger partial charge in [-0.05, 0) is 51.7 Å². The first-order chi connectivity index (χ1) is 5.84. The van der Waals surface area contributed by atoms with Gasteiger partial charge in [0.25, 0.3) is 0 Å². The van der Waals surface area contributed by atoms with Gasteiger partial charge in [0.15, 0.2) is 0 Å². The molecule has 2 unspecified atom stereocenters. The Kier molecular flexibility index (Phi) is 2.66. The second-order valence-corrected chi connectivity index (χ2v) is 4.41. The molecule has 2 fully saturated rings. The molecule has 0 amide bonds. The SMILES string of the molecule is CC1CCC(CN2CCC2)CN1. The summed E-state index contributed by atoms with van der Waals surface area (Å²) in [6.45, 7) is 7.59. The van der Waals surface area contributed by atoms with Gasteiger partial charge in [-0.25, -0.2) is 0 Å². The highest BCUT2D eigenvalue weighted by Gasteiger charge is 2.22. The number of nitrogens with zero attached hydrogens (tertiary/aromatic N) is 1. The zero-order chi connectivity index (χ0) is 8.39. The van der Waals surface area contributed by atoms with Crippen LogP contribution in [0.4, 0.5) is 0 Å².